The van der Waals surface area contributed by atoms with Crippen LogP contribution in [-0.4, -0.2) is 34.8 Å². The van der Waals surface area contributed by atoms with Crippen molar-refractivity contribution in [3.63, 3.8) is 0 Å². The van der Waals surface area contributed by atoms with Crippen LogP contribution >= 0.6 is 22.9 Å². The predicted molar refractivity (Wildman–Crippen MR) is 154 cm³/mol. The molecule has 41 heavy (non-hydrogen) atoms. The lowest BCUT2D eigenvalue weighted by atomic mass is 9.96. The molecule has 1 N–H and O–H groups in total. The Kier molecular flexibility index (Phi) is 7.96. The lowest BCUT2D eigenvalue weighted by Crippen LogP contribution is -2.39. The highest BCUT2D eigenvalue weighted by atomic mass is 35.5. The summed E-state index contributed by atoms with van der Waals surface area (Å²) in [4.78, 5) is 43.3. The van der Waals surface area contributed by atoms with Gasteiger partial charge in [-0.1, -0.05) is 35.1 Å². The maximum absolute atomic E-state index is 13.8. The SMILES string of the molecule is CCOC(=O)C1=C(C)N=c2s/c(=C\c3ccc(-c4cc(C(=O)O)ccc4Cl)o3)c(=O)n2[C@H]1c1ccc(OCC)cc1. The van der Waals surface area contributed by atoms with E-state index in [0.717, 1.165) is 0 Å². The Balaban J connectivity index is 1.61. The first-order valence-electron chi connectivity index (χ1n) is 12.8. The van der Waals surface area contributed by atoms with E-state index in [1.807, 2.05) is 19.1 Å². The number of carbonyl (C=O) groups is 2. The number of aromatic carboxylic acids is 1. The Morgan fingerprint density at radius 1 is 1.12 bits per heavy atom. The van der Waals surface area contributed by atoms with Gasteiger partial charge in [0.25, 0.3) is 5.56 Å². The summed E-state index contributed by atoms with van der Waals surface area (Å²) in [7, 11) is 0. The number of nitrogens with zero attached hydrogens (tertiary/aromatic N) is 2. The van der Waals surface area contributed by atoms with Crippen LogP contribution in [0.4, 0.5) is 0 Å². The zero-order chi connectivity index (χ0) is 29.3. The second-order valence-electron chi connectivity index (χ2n) is 9.01. The number of carboxylic acid groups (broad SMARTS) is 1. The third-order valence-electron chi connectivity index (χ3n) is 6.40. The smallest absolute Gasteiger partial charge is 0.338 e. The van der Waals surface area contributed by atoms with Gasteiger partial charge in [0.15, 0.2) is 4.80 Å². The molecule has 1 aliphatic heterocycles. The Labute approximate surface area is 243 Å². The number of rotatable bonds is 8. The summed E-state index contributed by atoms with van der Waals surface area (Å²) in [6.45, 7) is 6.01. The van der Waals surface area contributed by atoms with Crippen molar-refractivity contribution in [1.82, 2.24) is 4.57 Å². The second-order valence-corrected chi connectivity index (χ2v) is 10.4. The van der Waals surface area contributed by atoms with Gasteiger partial charge >= 0.3 is 11.9 Å². The highest BCUT2D eigenvalue weighted by Gasteiger charge is 2.33. The molecule has 3 heterocycles. The van der Waals surface area contributed by atoms with Crippen LogP contribution in [0.25, 0.3) is 17.4 Å². The molecule has 2 aromatic carbocycles. The maximum Gasteiger partial charge on any atom is 0.338 e. The van der Waals surface area contributed by atoms with E-state index >= 15 is 0 Å². The lowest BCUT2D eigenvalue weighted by Gasteiger charge is -2.24. The van der Waals surface area contributed by atoms with Gasteiger partial charge in [-0.25, -0.2) is 14.6 Å². The van der Waals surface area contributed by atoms with Gasteiger partial charge in [0.2, 0.25) is 0 Å². The van der Waals surface area contributed by atoms with E-state index in [0.29, 0.717) is 55.1 Å². The molecule has 0 fully saturated rings. The molecule has 0 aliphatic carbocycles. The van der Waals surface area contributed by atoms with Gasteiger partial charge in [-0.2, -0.15) is 0 Å². The Morgan fingerprint density at radius 3 is 2.56 bits per heavy atom. The molecule has 0 bridgehead atoms. The summed E-state index contributed by atoms with van der Waals surface area (Å²) < 4.78 is 18.7. The van der Waals surface area contributed by atoms with Gasteiger partial charge in [-0.3, -0.25) is 9.36 Å². The van der Waals surface area contributed by atoms with E-state index in [9.17, 15) is 19.5 Å². The summed E-state index contributed by atoms with van der Waals surface area (Å²) in [6, 6.07) is 14.1. The largest absolute Gasteiger partial charge is 0.494 e. The van der Waals surface area contributed by atoms with Crippen LogP contribution in [0, 0.1) is 0 Å². The first kappa shape index (κ1) is 28.1. The molecule has 1 atom stereocenters. The third-order valence-corrected chi connectivity index (χ3v) is 7.72. The number of furan rings is 1. The molecule has 0 amide bonds. The fourth-order valence-corrected chi connectivity index (χ4v) is 5.81. The maximum atomic E-state index is 13.8. The number of carbonyl (C=O) groups excluding carboxylic acids is 1. The number of aromatic nitrogens is 1. The molecule has 4 aromatic rings. The van der Waals surface area contributed by atoms with Crippen molar-refractivity contribution < 1.29 is 28.6 Å². The number of esters is 1. The number of carboxylic acids is 1. The summed E-state index contributed by atoms with van der Waals surface area (Å²) in [5, 5.41) is 9.66. The van der Waals surface area contributed by atoms with Crippen molar-refractivity contribution in [3.05, 3.63) is 107 Å². The average Bonchev–Trinajstić information content (AvgIpc) is 3.53. The van der Waals surface area contributed by atoms with Crippen molar-refractivity contribution in [2.24, 2.45) is 4.99 Å². The molecular weight excluding hydrogens is 568 g/mol. The molecule has 11 heteroatoms. The minimum Gasteiger partial charge on any atom is -0.494 e. The molecule has 5 rings (SSSR count). The molecule has 2 aromatic heterocycles. The number of benzene rings is 2. The number of ether oxygens (including phenoxy) is 2. The van der Waals surface area contributed by atoms with Gasteiger partial charge in [0.05, 0.1) is 45.6 Å². The van der Waals surface area contributed by atoms with E-state index in [1.54, 1.807) is 44.2 Å². The number of hydrogen-bond donors (Lipinski definition) is 1. The minimum atomic E-state index is -1.09. The molecule has 210 valence electrons. The molecule has 0 unspecified atom stereocenters. The quantitative estimate of drug-likeness (QED) is 0.292. The van der Waals surface area contributed by atoms with Gasteiger partial charge in [-0.05, 0) is 68.8 Å². The Hall–Kier alpha value is -4.41. The zero-order valence-corrected chi connectivity index (χ0v) is 23.9. The van der Waals surface area contributed by atoms with E-state index in [2.05, 4.69) is 4.99 Å². The van der Waals surface area contributed by atoms with E-state index in [1.165, 1.54) is 34.1 Å². The molecule has 9 nitrogen and oxygen atoms in total. The van der Waals surface area contributed by atoms with Crippen LogP contribution < -0.4 is 19.6 Å². The topological polar surface area (TPSA) is 120 Å². The fourth-order valence-electron chi connectivity index (χ4n) is 4.57. The lowest BCUT2D eigenvalue weighted by molar-refractivity contribution is -0.139. The summed E-state index contributed by atoms with van der Waals surface area (Å²) in [5.74, 6) is -0.246. The van der Waals surface area contributed by atoms with Crippen LogP contribution in [-0.2, 0) is 9.53 Å². The van der Waals surface area contributed by atoms with Crippen molar-refractivity contribution in [1.29, 1.82) is 0 Å². The highest BCUT2D eigenvalue weighted by Crippen LogP contribution is 2.32. The number of thiazole rings is 1. The van der Waals surface area contributed by atoms with E-state index < -0.39 is 18.0 Å². The van der Waals surface area contributed by atoms with Crippen LogP contribution in [0.15, 0.2) is 80.1 Å². The fraction of sp³-hybridized carbons (Fsp3) is 0.200. The molecule has 0 radical (unpaired) electrons. The van der Waals surface area contributed by atoms with E-state index in [-0.39, 0.29) is 23.3 Å². The predicted octanol–water partition coefficient (Wildman–Crippen LogP) is 4.81. The molecule has 0 spiro atoms. The number of halogens is 1. The van der Waals surface area contributed by atoms with Crippen LogP contribution in [0.3, 0.4) is 0 Å². The number of fused-ring (bicyclic) bond motifs is 1. The molecule has 0 saturated carbocycles. The number of hydrogen-bond acceptors (Lipinski definition) is 8. The van der Waals surface area contributed by atoms with Crippen LogP contribution in [0.5, 0.6) is 5.75 Å². The van der Waals surface area contributed by atoms with Crippen LogP contribution in [0.2, 0.25) is 5.02 Å². The Morgan fingerprint density at radius 2 is 1.88 bits per heavy atom. The monoisotopic (exact) mass is 592 g/mol. The summed E-state index contributed by atoms with van der Waals surface area (Å²) in [6.07, 6.45) is 1.58. The molecule has 0 saturated heterocycles. The van der Waals surface area contributed by atoms with Crippen molar-refractivity contribution in [3.8, 4) is 17.1 Å². The molecule has 1 aliphatic rings. The van der Waals surface area contributed by atoms with Crippen molar-refractivity contribution >= 4 is 41.0 Å². The van der Waals surface area contributed by atoms with E-state index in [4.69, 9.17) is 25.5 Å². The van der Waals surface area contributed by atoms with Gasteiger partial charge in [0.1, 0.15) is 17.3 Å². The van der Waals surface area contributed by atoms with Gasteiger partial charge in [0, 0.05) is 11.6 Å². The van der Waals surface area contributed by atoms with Gasteiger partial charge < -0.3 is 19.0 Å². The summed E-state index contributed by atoms with van der Waals surface area (Å²) >= 11 is 7.46. The number of allylic oxidation sites excluding steroid dienone is 1. The third kappa shape index (κ3) is 5.48. The van der Waals surface area contributed by atoms with Gasteiger partial charge in [-0.15, -0.1) is 0 Å². The first-order valence-corrected chi connectivity index (χ1v) is 14.0. The second kappa shape index (κ2) is 11.6. The van der Waals surface area contributed by atoms with Crippen LogP contribution in [0.1, 0.15) is 48.5 Å². The zero-order valence-electron chi connectivity index (χ0n) is 22.3. The standard InChI is InChI=1S/C30H25ClN2O7S/c1-4-38-19-9-6-17(7-10-19)26-25(29(37)39-5-2)16(3)32-30-33(26)27(34)24(41-30)15-20-11-13-23(40-20)21-14-18(28(35)36)8-12-22(21)31/h6-15,26H,4-5H2,1-3H3,(H,35,36)/b24-15-/t26-/m0/s1. The first-order chi connectivity index (χ1) is 19.7. The van der Waals surface area contributed by atoms with Crippen molar-refractivity contribution in [2.45, 2.75) is 26.8 Å². The average molecular weight is 593 g/mol. The summed E-state index contributed by atoms with van der Waals surface area (Å²) in [5.41, 5.74) is 1.57. The normalized spacial score (nSPS) is 14.9. The minimum absolute atomic E-state index is 0.0673. The molecular formula is C30H25ClN2O7S. The Bertz CT molecular complexity index is 1870. The van der Waals surface area contributed by atoms with Crippen molar-refractivity contribution in [2.75, 3.05) is 13.2 Å². The highest BCUT2D eigenvalue weighted by molar-refractivity contribution is 7.07.